The first-order valence-corrected chi connectivity index (χ1v) is 10.5. The molecule has 0 aromatic heterocycles. The molecule has 0 spiro atoms. The molecule has 148 valence electrons. The Morgan fingerprint density at radius 2 is 1.72 bits per heavy atom. The minimum atomic E-state index is -0.719. The van der Waals surface area contributed by atoms with Crippen LogP contribution in [0.2, 0.25) is 0 Å². The zero-order valence-electron chi connectivity index (χ0n) is 16.8. The number of likely N-dealkylation sites (N-methyl/N-ethyl adjacent to an activating group) is 2. The van der Waals surface area contributed by atoms with Crippen LogP contribution in [0, 0.1) is 0 Å². The summed E-state index contributed by atoms with van der Waals surface area (Å²) in [6.07, 6.45) is 5.46. The number of hydrogen-bond donors (Lipinski definition) is 2. The van der Waals surface area contributed by atoms with Crippen molar-refractivity contribution in [2.24, 2.45) is 0 Å². The highest BCUT2D eigenvalue weighted by atomic mass is 32.2. The first kappa shape index (κ1) is 26.2. The van der Waals surface area contributed by atoms with Gasteiger partial charge in [0.2, 0.25) is 11.8 Å². The summed E-state index contributed by atoms with van der Waals surface area (Å²) in [6, 6.07) is -0.719. The van der Waals surface area contributed by atoms with Crippen LogP contribution in [0.5, 0.6) is 0 Å². The number of unbranched alkanes of at least 4 members (excludes halogenated alkanes) is 2. The second-order valence-electron chi connectivity index (χ2n) is 5.62. The highest BCUT2D eigenvalue weighted by Crippen LogP contribution is 2.10. The van der Waals surface area contributed by atoms with E-state index in [0.29, 0.717) is 19.5 Å². The highest BCUT2D eigenvalue weighted by molar-refractivity contribution is 7.98. The fraction of sp³-hybridized carbons (Fsp3) is 0.833. The zero-order valence-corrected chi connectivity index (χ0v) is 17.6. The molecule has 2 N–H and O–H groups in total. The van der Waals surface area contributed by atoms with Crippen molar-refractivity contribution in [3.63, 3.8) is 0 Å². The van der Waals surface area contributed by atoms with Gasteiger partial charge in [-0.1, -0.05) is 20.3 Å². The lowest BCUT2D eigenvalue weighted by Gasteiger charge is -2.26. The smallest absolute Gasteiger partial charge is 0.243 e. The van der Waals surface area contributed by atoms with E-state index in [-0.39, 0.29) is 24.0 Å². The molecule has 0 rings (SSSR count). The van der Waals surface area contributed by atoms with E-state index in [0.717, 1.165) is 25.0 Å². The number of hydrogen-bond acceptors (Lipinski definition) is 5. The van der Waals surface area contributed by atoms with Gasteiger partial charge in [0.15, 0.2) is 0 Å². The van der Waals surface area contributed by atoms with Gasteiger partial charge >= 0.3 is 0 Å². The van der Waals surface area contributed by atoms with Crippen LogP contribution in [0.25, 0.3) is 0 Å². The van der Waals surface area contributed by atoms with Crippen molar-refractivity contribution >= 4 is 29.4 Å². The molecule has 0 saturated carbocycles. The molecule has 25 heavy (non-hydrogen) atoms. The normalized spacial score (nSPS) is 11.1. The fourth-order valence-electron chi connectivity index (χ4n) is 2.16. The van der Waals surface area contributed by atoms with Crippen LogP contribution < -0.4 is 10.6 Å². The van der Waals surface area contributed by atoms with Crippen molar-refractivity contribution in [1.82, 2.24) is 15.5 Å². The van der Waals surface area contributed by atoms with Crippen LogP contribution in [0.3, 0.4) is 0 Å². The molecule has 0 radical (unpaired) electrons. The van der Waals surface area contributed by atoms with Crippen LogP contribution in [0.15, 0.2) is 0 Å². The summed E-state index contributed by atoms with van der Waals surface area (Å²) < 4.78 is 0. The minimum Gasteiger partial charge on any atom is -0.353 e. The molecule has 0 aromatic rings. The maximum absolute atomic E-state index is 12.3. The average Bonchev–Trinajstić information content (AvgIpc) is 2.60. The Bertz CT molecular complexity index is 379. The van der Waals surface area contributed by atoms with Crippen LogP contribution in [-0.2, 0) is 14.4 Å². The average molecular weight is 376 g/mol. The summed E-state index contributed by atoms with van der Waals surface area (Å²) in [5.41, 5.74) is 0. The molecule has 0 aliphatic rings. The molecule has 0 aliphatic heterocycles. The van der Waals surface area contributed by atoms with E-state index in [1.165, 1.54) is 11.8 Å². The number of rotatable bonds is 13. The van der Waals surface area contributed by atoms with Gasteiger partial charge in [0, 0.05) is 33.0 Å². The third kappa shape index (κ3) is 13.8. The molecule has 7 heteroatoms. The van der Waals surface area contributed by atoms with Crippen LogP contribution in [0.4, 0.5) is 0 Å². The SMILES string of the molecule is CC.CNCCNC(=O)C(CC(C)=O)N(C)C(=O)CCCCCSC. The topological polar surface area (TPSA) is 78.5 Å². The number of carbonyl (C=O) groups excluding carboxylic acids is 3. The van der Waals surface area contributed by atoms with Crippen LogP contribution >= 0.6 is 11.8 Å². The molecule has 2 amide bonds. The number of Topliss-reactive ketones (excluding diaryl/α,β-unsaturated/α-hetero) is 1. The van der Waals surface area contributed by atoms with Gasteiger partial charge in [0.25, 0.3) is 0 Å². The van der Waals surface area contributed by atoms with Crippen LogP contribution in [0.1, 0.15) is 52.9 Å². The van der Waals surface area contributed by atoms with Crippen molar-refractivity contribution in [1.29, 1.82) is 0 Å². The highest BCUT2D eigenvalue weighted by Gasteiger charge is 2.27. The van der Waals surface area contributed by atoms with Crippen LogP contribution in [-0.4, -0.2) is 67.7 Å². The molecule has 0 bridgehead atoms. The number of thioether (sulfide) groups is 1. The molecular formula is C18H37N3O3S. The molecule has 0 heterocycles. The van der Waals surface area contributed by atoms with E-state index in [9.17, 15) is 14.4 Å². The number of nitrogens with one attached hydrogen (secondary N) is 2. The van der Waals surface area contributed by atoms with E-state index >= 15 is 0 Å². The van der Waals surface area contributed by atoms with Crippen molar-refractivity contribution < 1.29 is 14.4 Å². The Balaban J connectivity index is 0. The Morgan fingerprint density at radius 1 is 1.08 bits per heavy atom. The summed E-state index contributed by atoms with van der Waals surface area (Å²) in [4.78, 5) is 37.3. The minimum absolute atomic E-state index is 0.0557. The molecule has 1 unspecified atom stereocenters. The first-order valence-electron chi connectivity index (χ1n) is 9.10. The van der Waals surface area contributed by atoms with E-state index < -0.39 is 6.04 Å². The van der Waals surface area contributed by atoms with Crippen molar-refractivity contribution in [3.05, 3.63) is 0 Å². The van der Waals surface area contributed by atoms with Gasteiger partial charge in [-0.3, -0.25) is 14.4 Å². The van der Waals surface area contributed by atoms with E-state index in [4.69, 9.17) is 0 Å². The predicted octanol–water partition coefficient (Wildman–Crippen LogP) is 2.08. The maximum Gasteiger partial charge on any atom is 0.243 e. The summed E-state index contributed by atoms with van der Waals surface area (Å²) in [5.74, 6) is 0.654. The molecule has 0 fully saturated rings. The Morgan fingerprint density at radius 3 is 2.24 bits per heavy atom. The Kier molecular flexibility index (Phi) is 18.6. The third-order valence-corrected chi connectivity index (χ3v) is 4.25. The number of amides is 2. The lowest BCUT2D eigenvalue weighted by Crippen LogP contribution is -2.49. The summed E-state index contributed by atoms with van der Waals surface area (Å²) >= 11 is 1.80. The van der Waals surface area contributed by atoms with Crippen molar-refractivity contribution in [2.45, 2.75) is 58.9 Å². The maximum atomic E-state index is 12.3. The zero-order chi connectivity index (χ0) is 19.7. The van der Waals surface area contributed by atoms with Gasteiger partial charge in [-0.05, 0) is 38.8 Å². The number of nitrogens with zero attached hydrogens (tertiary/aromatic N) is 1. The lowest BCUT2D eigenvalue weighted by molar-refractivity contribution is -0.140. The molecule has 0 aromatic carbocycles. The van der Waals surface area contributed by atoms with Crippen molar-refractivity contribution in [2.75, 3.05) is 39.2 Å². The van der Waals surface area contributed by atoms with E-state index in [1.807, 2.05) is 13.8 Å². The fourth-order valence-corrected chi connectivity index (χ4v) is 2.65. The molecule has 0 aliphatic carbocycles. The largest absolute Gasteiger partial charge is 0.353 e. The number of ketones is 1. The van der Waals surface area contributed by atoms with E-state index in [1.54, 1.807) is 25.9 Å². The molecular weight excluding hydrogens is 338 g/mol. The Labute approximate surface area is 157 Å². The molecule has 1 atom stereocenters. The predicted molar refractivity (Wildman–Crippen MR) is 107 cm³/mol. The molecule has 6 nitrogen and oxygen atoms in total. The van der Waals surface area contributed by atoms with E-state index in [2.05, 4.69) is 16.9 Å². The van der Waals surface area contributed by atoms with Gasteiger partial charge in [-0.25, -0.2) is 0 Å². The molecule has 0 saturated heterocycles. The van der Waals surface area contributed by atoms with Gasteiger partial charge in [0.05, 0.1) is 0 Å². The second-order valence-corrected chi connectivity index (χ2v) is 6.61. The number of carbonyl (C=O) groups is 3. The quantitative estimate of drug-likeness (QED) is 0.482. The monoisotopic (exact) mass is 375 g/mol. The summed E-state index contributed by atoms with van der Waals surface area (Å²) in [7, 11) is 3.40. The van der Waals surface area contributed by atoms with Gasteiger partial charge in [-0.2, -0.15) is 11.8 Å². The van der Waals surface area contributed by atoms with Gasteiger partial charge < -0.3 is 15.5 Å². The summed E-state index contributed by atoms with van der Waals surface area (Å²) in [5, 5.41) is 5.69. The first-order chi connectivity index (χ1) is 11.9. The Hall–Kier alpha value is -1.08. The standard InChI is InChI=1S/C16H31N3O3S.C2H6/c1-13(20)12-14(16(22)18-10-9-17-2)19(3)15(21)8-6-5-7-11-23-4;1-2/h14,17H,5-12H2,1-4H3,(H,18,22);1-2H3. The second kappa shape index (κ2) is 17.7. The summed E-state index contributed by atoms with van der Waals surface area (Å²) in [6.45, 7) is 6.56. The van der Waals surface area contributed by atoms with Crippen molar-refractivity contribution in [3.8, 4) is 0 Å². The van der Waals surface area contributed by atoms with Gasteiger partial charge in [0.1, 0.15) is 11.8 Å². The third-order valence-electron chi connectivity index (χ3n) is 3.56. The van der Waals surface area contributed by atoms with Gasteiger partial charge in [-0.15, -0.1) is 0 Å². The lowest BCUT2D eigenvalue weighted by atomic mass is 10.1.